The van der Waals surface area contributed by atoms with E-state index in [0.717, 1.165) is 36.2 Å². The molecule has 0 aliphatic carbocycles. The average molecular weight is 288 g/mol. The third kappa shape index (κ3) is 3.91. The van der Waals surface area contributed by atoms with Crippen LogP contribution in [0.5, 0.6) is 0 Å². The third-order valence-electron chi connectivity index (χ3n) is 4.23. The lowest BCUT2D eigenvalue weighted by Crippen LogP contribution is -2.38. The van der Waals surface area contributed by atoms with Crippen molar-refractivity contribution in [3.8, 4) is 0 Å². The van der Waals surface area contributed by atoms with E-state index in [1.54, 1.807) is 4.90 Å². The SMILES string of the molecule is Cc1ccc(C)c(C(=O)CCC(=O)N(C)C2CCNC2)c1. The molecule has 0 saturated carbocycles. The Labute approximate surface area is 126 Å². The highest BCUT2D eigenvalue weighted by atomic mass is 16.2. The van der Waals surface area contributed by atoms with Gasteiger partial charge >= 0.3 is 0 Å². The Morgan fingerprint density at radius 3 is 2.71 bits per heavy atom. The van der Waals surface area contributed by atoms with Gasteiger partial charge in [0.1, 0.15) is 0 Å². The molecule has 1 fully saturated rings. The van der Waals surface area contributed by atoms with Crippen molar-refractivity contribution in [3.63, 3.8) is 0 Å². The number of rotatable bonds is 5. The predicted octanol–water partition coefficient (Wildman–Crippen LogP) is 2.09. The molecule has 2 rings (SSSR count). The number of Topliss-reactive ketones (excluding diaryl/α,β-unsaturated/α-hetero) is 1. The van der Waals surface area contributed by atoms with Gasteiger partial charge in [-0.2, -0.15) is 0 Å². The van der Waals surface area contributed by atoms with E-state index >= 15 is 0 Å². The standard InChI is InChI=1S/C17H24N2O2/c1-12-4-5-13(2)15(10-12)16(20)6-7-17(21)19(3)14-8-9-18-11-14/h4-5,10,14,18H,6-9,11H2,1-3H3. The normalized spacial score (nSPS) is 17.8. The molecule has 0 radical (unpaired) electrons. The van der Waals surface area contributed by atoms with Crippen LogP contribution in [0.15, 0.2) is 18.2 Å². The van der Waals surface area contributed by atoms with Gasteiger partial charge in [0.05, 0.1) is 0 Å². The summed E-state index contributed by atoms with van der Waals surface area (Å²) in [7, 11) is 1.84. The Kier molecular flexibility index (Phi) is 5.12. The van der Waals surface area contributed by atoms with Gasteiger partial charge in [0.15, 0.2) is 5.78 Å². The van der Waals surface area contributed by atoms with Gasteiger partial charge in [0.2, 0.25) is 5.91 Å². The number of nitrogens with one attached hydrogen (secondary N) is 1. The van der Waals surface area contributed by atoms with Crippen LogP contribution in [0.4, 0.5) is 0 Å². The van der Waals surface area contributed by atoms with Crippen LogP contribution in [-0.4, -0.2) is 42.8 Å². The van der Waals surface area contributed by atoms with Crippen LogP contribution in [0.3, 0.4) is 0 Å². The summed E-state index contributed by atoms with van der Waals surface area (Å²) in [6.45, 7) is 5.73. The first-order chi connectivity index (χ1) is 9.99. The zero-order valence-electron chi connectivity index (χ0n) is 13.1. The largest absolute Gasteiger partial charge is 0.341 e. The van der Waals surface area contributed by atoms with Crippen LogP contribution >= 0.6 is 0 Å². The fraction of sp³-hybridized carbons (Fsp3) is 0.529. The van der Waals surface area contributed by atoms with E-state index in [9.17, 15) is 9.59 Å². The van der Waals surface area contributed by atoms with E-state index in [-0.39, 0.29) is 24.2 Å². The van der Waals surface area contributed by atoms with Crippen LogP contribution in [-0.2, 0) is 4.79 Å². The topological polar surface area (TPSA) is 49.4 Å². The lowest BCUT2D eigenvalue weighted by Gasteiger charge is -2.23. The molecule has 0 aromatic heterocycles. The average Bonchev–Trinajstić information content (AvgIpc) is 3.00. The first-order valence-corrected chi connectivity index (χ1v) is 7.56. The molecule has 114 valence electrons. The number of hydrogen-bond acceptors (Lipinski definition) is 3. The van der Waals surface area contributed by atoms with Crippen LogP contribution in [0.2, 0.25) is 0 Å². The molecule has 21 heavy (non-hydrogen) atoms. The number of aryl methyl sites for hydroxylation is 2. The highest BCUT2D eigenvalue weighted by Gasteiger charge is 2.23. The van der Waals surface area contributed by atoms with Crippen molar-refractivity contribution >= 4 is 11.7 Å². The maximum absolute atomic E-state index is 12.3. The van der Waals surface area contributed by atoms with Gasteiger partial charge in [-0.1, -0.05) is 17.7 Å². The van der Waals surface area contributed by atoms with Crippen molar-refractivity contribution in [1.29, 1.82) is 0 Å². The summed E-state index contributed by atoms with van der Waals surface area (Å²) in [5, 5.41) is 3.25. The Balaban J connectivity index is 1.91. The monoisotopic (exact) mass is 288 g/mol. The summed E-state index contributed by atoms with van der Waals surface area (Å²) in [5.41, 5.74) is 2.80. The smallest absolute Gasteiger partial charge is 0.223 e. The molecule has 0 spiro atoms. The van der Waals surface area contributed by atoms with Gasteiger partial charge in [-0.25, -0.2) is 0 Å². The Hall–Kier alpha value is -1.68. The van der Waals surface area contributed by atoms with E-state index in [0.29, 0.717) is 6.42 Å². The molecule has 1 amide bonds. The van der Waals surface area contributed by atoms with E-state index in [1.165, 1.54) is 0 Å². The van der Waals surface area contributed by atoms with E-state index in [4.69, 9.17) is 0 Å². The Morgan fingerprint density at radius 1 is 1.29 bits per heavy atom. The van der Waals surface area contributed by atoms with Gasteiger partial charge in [-0.3, -0.25) is 9.59 Å². The molecule has 1 aliphatic heterocycles. The van der Waals surface area contributed by atoms with E-state index < -0.39 is 0 Å². The molecule has 1 heterocycles. The number of likely N-dealkylation sites (N-methyl/N-ethyl adjacent to an activating group) is 1. The lowest BCUT2D eigenvalue weighted by atomic mass is 9.99. The van der Waals surface area contributed by atoms with Gasteiger partial charge in [-0.15, -0.1) is 0 Å². The quantitative estimate of drug-likeness (QED) is 0.844. The maximum atomic E-state index is 12.3. The van der Waals surface area contributed by atoms with Crippen molar-refractivity contribution in [2.75, 3.05) is 20.1 Å². The van der Waals surface area contributed by atoms with Crippen molar-refractivity contribution in [2.24, 2.45) is 0 Å². The number of hydrogen-bond donors (Lipinski definition) is 1. The summed E-state index contributed by atoms with van der Waals surface area (Å²) in [6, 6.07) is 6.14. The molecular formula is C17H24N2O2. The van der Waals surface area contributed by atoms with Crippen molar-refractivity contribution < 1.29 is 9.59 Å². The minimum Gasteiger partial charge on any atom is -0.341 e. The van der Waals surface area contributed by atoms with E-state index in [1.807, 2.05) is 39.1 Å². The molecule has 1 aromatic rings. The van der Waals surface area contributed by atoms with Crippen LogP contribution in [0, 0.1) is 13.8 Å². The van der Waals surface area contributed by atoms with Crippen LogP contribution < -0.4 is 5.32 Å². The van der Waals surface area contributed by atoms with E-state index in [2.05, 4.69) is 5.32 Å². The van der Waals surface area contributed by atoms with Gasteiger partial charge in [-0.05, 0) is 38.4 Å². The molecule has 0 bridgehead atoms. The Bertz CT molecular complexity index is 534. The molecule has 1 atom stereocenters. The van der Waals surface area contributed by atoms with Crippen molar-refractivity contribution in [2.45, 2.75) is 39.2 Å². The third-order valence-corrected chi connectivity index (χ3v) is 4.23. The first-order valence-electron chi connectivity index (χ1n) is 7.56. The minimum absolute atomic E-state index is 0.0577. The van der Waals surface area contributed by atoms with Gasteiger partial charge in [0.25, 0.3) is 0 Å². The second-order valence-corrected chi connectivity index (χ2v) is 5.89. The van der Waals surface area contributed by atoms with Gasteiger partial charge in [0, 0.05) is 38.0 Å². The number of carbonyl (C=O) groups is 2. The molecule has 4 nitrogen and oxygen atoms in total. The highest BCUT2D eigenvalue weighted by molar-refractivity contribution is 5.99. The maximum Gasteiger partial charge on any atom is 0.223 e. The molecule has 4 heteroatoms. The fourth-order valence-corrected chi connectivity index (χ4v) is 2.74. The molecule has 1 aliphatic rings. The number of carbonyl (C=O) groups excluding carboxylic acids is 2. The summed E-state index contributed by atoms with van der Waals surface area (Å²) in [4.78, 5) is 26.2. The fourth-order valence-electron chi connectivity index (χ4n) is 2.74. The van der Waals surface area contributed by atoms with Gasteiger partial charge < -0.3 is 10.2 Å². The second-order valence-electron chi connectivity index (χ2n) is 5.89. The summed E-state index contributed by atoms with van der Waals surface area (Å²) in [5.74, 6) is 0.116. The summed E-state index contributed by atoms with van der Waals surface area (Å²) in [6.07, 6.45) is 1.57. The summed E-state index contributed by atoms with van der Waals surface area (Å²) >= 11 is 0. The number of nitrogens with zero attached hydrogens (tertiary/aromatic N) is 1. The molecule has 1 N–H and O–H groups in total. The van der Waals surface area contributed by atoms with Crippen molar-refractivity contribution in [3.05, 3.63) is 34.9 Å². The van der Waals surface area contributed by atoms with Crippen LogP contribution in [0.1, 0.15) is 40.7 Å². The highest BCUT2D eigenvalue weighted by Crippen LogP contribution is 2.15. The minimum atomic E-state index is 0.0577. The molecule has 1 aromatic carbocycles. The second kappa shape index (κ2) is 6.85. The number of ketones is 1. The zero-order chi connectivity index (χ0) is 15.4. The molecule has 1 unspecified atom stereocenters. The van der Waals surface area contributed by atoms with Crippen LogP contribution in [0.25, 0.3) is 0 Å². The summed E-state index contributed by atoms with van der Waals surface area (Å²) < 4.78 is 0. The Morgan fingerprint density at radius 2 is 2.05 bits per heavy atom. The zero-order valence-corrected chi connectivity index (χ0v) is 13.1. The predicted molar refractivity (Wildman–Crippen MR) is 83.5 cm³/mol. The number of amides is 1. The van der Waals surface area contributed by atoms with Crippen molar-refractivity contribution in [1.82, 2.24) is 10.2 Å². The molecule has 1 saturated heterocycles. The first kappa shape index (κ1) is 15.7. The lowest BCUT2D eigenvalue weighted by molar-refractivity contribution is -0.131. The molecular weight excluding hydrogens is 264 g/mol. The number of benzene rings is 1.